The normalized spacial score (nSPS) is 18.5. The van der Waals surface area contributed by atoms with Gasteiger partial charge in [-0.3, -0.25) is 14.9 Å². The molecule has 0 bridgehead atoms. The highest BCUT2D eigenvalue weighted by Gasteiger charge is 2.38. The molecule has 2 atom stereocenters. The van der Waals surface area contributed by atoms with Gasteiger partial charge >= 0.3 is 11.9 Å². The molecule has 2 unspecified atom stereocenters. The molecule has 12 heteroatoms. The minimum atomic E-state index is -0.925. The molecular weight excluding hydrogens is 544 g/mol. The predicted octanol–water partition coefficient (Wildman–Crippen LogP) is 3.88. The average Bonchev–Trinajstić information content (AvgIpc) is 2.96. The molecule has 2 aliphatic heterocycles. The predicted molar refractivity (Wildman–Crippen MR) is 152 cm³/mol. The second-order valence-electron chi connectivity index (χ2n) is 9.98. The summed E-state index contributed by atoms with van der Waals surface area (Å²) < 4.78 is 16.3. The molecule has 1 amide bonds. The monoisotopic (exact) mass is 576 g/mol. The Morgan fingerprint density at radius 3 is 2.38 bits per heavy atom. The minimum absolute atomic E-state index is 0.0121. The molecule has 220 valence electrons. The molecule has 0 fully saturated rings. The molecule has 0 aliphatic carbocycles. The minimum Gasteiger partial charge on any atom is -0.493 e. The standard InChI is InChI=1S/C30H32N4O8/c1-17-15-24(35)32-33-28(17)20-9-11-23(12-10-20)41-13-6-14-42-30(37)26-19(3)31-18(2)25(29(36)40-4)27(26)21-7-5-8-22(16-21)34(38)39/h5,7-12,16-17,27,31H,6,13-15H2,1-4H3,(H,32,35). The van der Waals surface area contributed by atoms with Crippen LogP contribution < -0.4 is 15.5 Å². The van der Waals surface area contributed by atoms with Gasteiger partial charge in [0.2, 0.25) is 5.91 Å². The Kier molecular flexibility index (Phi) is 9.35. The quantitative estimate of drug-likeness (QED) is 0.185. The molecule has 0 saturated heterocycles. The topological polar surface area (TPSA) is 158 Å². The van der Waals surface area contributed by atoms with Gasteiger partial charge in [-0.05, 0) is 49.2 Å². The zero-order chi connectivity index (χ0) is 30.4. The molecule has 2 aliphatic rings. The van der Waals surface area contributed by atoms with Crippen molar-refractivity contribution >= 4 is 29.2 Å². The molecule has 42 heavy (non-hydrogen) atoms. The van der Waals surface area contributed by atoms with Crippen LogP contribution >= 0.6 is 0 Å². The summed E-state index contributed by atoms with van der Waals surface area (Å²) >= 11 is 0. The maximum Gasteiger partial charge on any atom is 0.336 e. The summed E-state index contributed by atoms with van der Waals surface area (Å²) in [6, 6.07) is 13.2. The summed E-state index contributed by atoms with van der Waals surface area (Å²) in [4.78, 5) is 48.5. The Bertz CT molecular complexity index is 1490. The molecule has 4 rings (SSSR count). The first-order chi connectivity index (χ1) is 20.1. The SMILES string of the molecule is COC(=O)C1=C(C)NC(C)=C(C(=O)OCCCOc2ccc(C3=NNC(=O)CC3C)cc2)C1c1cccc([N+](=O)[O-])c1. The lowest BCUT2D eigenvalue weighted by Crippen LogP contribution is -2.32. The molecule has 0 saturated carbocycles. The lowest BCUT2D eigenvalue weighted by Gasteiger charge is -2.30. The van der Waals surface area contributed by atoms with E-state index in [4.69, 9.17) is 14.2 Å². The summed E-state index contributed by atoms with van der Waals surface area (Å²) in [5.41, 5.74) is 5.69. The fraction of sp³-hybridized carbons (Fsp3) is 0.333. The first kappa shape index (κ1) is 30.0. The second-order valence-corrected chi connectivity index (χ2v) is 9.98. The maximum atomic E-state index is 13.3. The molecule has 2 N–H and O–H groups in total. The summed E-state index contributed by atoms with van der Waals surface area (Å²) in [6.45, 7) is 5.62. The number of hydrazone groups is 1. The maximum absolute atomic E-state index is 13.3. The van der Waals surface area contributed by atoms with Crippen LogP contribution in [0.15, 0.2) is 76.2 Å². The van der Waals surface area contributed by atoms with Crippen LogP contribution in [0.25, 0.3) is 0 Å². The highest BCUT2D eigenvalue weighted by atomic mass is 16.6. The van der Waals surface area contributed by atoms with Crippen LogP contribution in [0.5, 0.6) is 5.75 Å². The first-order valence-corrected chi connectivity index (χ1v) is 13.4. The number of hydrogen-bond donors (Lipinski definition) is 2. The van der Waals surface area contributed by atoms with Crippen LogP contribution in [0.3, 0.4) is 0 Å². The number of carbonyl (C=O) groups excluding carboxylic acids is 3. The van der Waals surface area contributed by atoms with E-state index in [1.165, 1.54) is 25.3 Å². The first-order valence-electron chi connectivity index (χ1n) is 13.4. The van der Waals surface area contributed by atoms with Gasteiger partial charge in [-0.1, -0.05) is 19.1 Å². The number of benzene rings is 2. The van der Waals surface area contributed by atoms with Crippen LogP contribution in [-0.2, 0) is 23.9 Å². The zero-order valence-electron chi connectivity index (χ0n) is 23.8. The highest BCUT2D eigenvalue weighted by Crippen LogP contribution is 2.40. The number of nitrogens with one attached hydrogen (secondary N) is 2. The van der Waals surface area contributed by atoms with Gasteiger partial charge in [0.25, 0.3) is 5.69 Å². The zero-order valence-corrected chi connectivity index (χ0v) is 23.8. The van der Waals surface area contributed by atoms with E-state index in [1.54, 1.807) is 19.9 Å². The molecule has 0 aromatic heterocycles. The van der Waals surface area contributed by atoms with Crippen molar-refractivity contribution in [2.75, 3.05) is 20.3 Å². The number of nitro benzene ring substituents is 1. The molecule has 0 radical (unpaired) electrons. The number of rotatable bonds is 10. The number of allylic oxidation sites excluding steroid dienone is 2. The van der Waals surface area contributed by atoms with Crippen molar-refractivity contribution in [2.24, 2.45) is 11.0 Å². The van der Waals surface area contributed by atoms with Gasteiger partial charge < -0.3 is 19.5 Å². The number of ether oxygens (including phenoxy) is 3. The van der Waals surface area contributed by atoms with Crippen molar-refractivity contribution in [2.45, 2.75) is 39.5 Å². The molecule has 12 nitrogen and oxygen atoms in total. The molecule has 2 aromatic carbocycles. The van der Waals surface area contributed by atoms with Gasteiger partial charge in [0.05, 0.1) is 48.0 Å². The average molecular weight is 577 g/mol. The van der Waals surface area contributed by atoms with E-state index in [0.29, 0.717) is 35.5 Å². The molecule has 2 heterocycles. The van der Waals surface area contributed by atoms with Crippen molar-refractivity contribution in [1.29, 1.82) is 0 Å². The van der Waals surface area contributed by atoms with Gasteiger partial charge in [0.1, 0.15) is 5.75 Å². The highest BCUT2D eigenvalue weighted by molar-refractivity contribution is 6.05. The summed E-state index contributed by atoms with van der Waals surface area (Å²) in [5, 5.41) is 18.6. The van der Waals surface area contributed by atoms with E-state index in [1.807, 2.05) is 31.2 Å². The van der Waals surface area contributed by atoms with E-state index in [2.05, 4.69) is 15.8 Å². The molecule has 0 spiro atoms. The van der Waals surface area contributed by atoms with Gasteiger partial charge in [0, 0.05) is 42.3 Å². The van der Waals surface area contributed by atoms with Gasteiger partial charge in [-0.25, -0.2) is 15.0 Å². The third kappa shape index (κ3) is 6.65. The van der Waals surface area contributed by atoms with Gasteiger partial charge in [-0.2, -0.15) is 5.10 Å². The van der Waals surface area contributed by atoms with Crippen LogP contribution in [-0.4, -0.2) is 48.8 Å². The summed E-state index contributed by atoms with van der Waals surface area (Å²) in [7, 11) is 1.23. The Labute approximate surface area is 242 Å². The smallest absolute Gasteiger partial charge is 0.336 e. The van der Waals surface area contributed by atoms with Crippen molar-refractivity contribution < 1.29 is 33.5 Å². The number of hydrogen-bond acceptors (Lipinski definition) is 10. The van der Waals surface area contributed by atoms with E-state index in [9.17, 15) is 24.5 Å². The lowest BCUT2D eigenvalue weighted by atomic mass is 9.80. The number of esters is 2. The van der Waals surface area contributed by atoms with Crippen molar-refractivity contribution in [1.82, 2.24) is 10.7 Å². The van der Waals surface area contributed by atoms with Crippen molar-refractivity contribution in [3.63, 3.8) is 0 Å². The largest absolute Gasteiger partial charge is 0.493 e. The van der Waals surface area contributed by atoms with Crippen LogP contribution in [0.1, 0.15) is 50.7 Å². The Morgan fingerprint density at radius 1 is 1.05 bits per heavy atom. The lowest BCUT2D eigenvalue weighted by molar-refractivity contribution is -0.384. The van der Waals surface area contributed by atoms with E-state index in [-0.39, 0.29) is 41.9 Å². The molecular formula is C30H32N4O8. The second kappa shape index (κ2) is 13.1. The third-order valence-corrected chi connectivity index (χ3v) is 7.00. The fourth-order valence-corrected chi connectivity index (χ4v) is 5.01. The summed E-state index contributed by atoms with van der Waals surface area (Å²) in [6.07, 6.45) is 0.775. The van der Waals surface area contributed by atoms with E-state index < -0.39 is 22.8 Å². The van der Waals surface area contributed by atoms with Crippen molar-refractivity contribution in [3.05, 3.63) is 92.3 Å². The number of amides is 1. The van der Waals surface area contributed by atoms with Crippen LogP contribution in [0.4, 0.5) is 5.69 Å². The van der Waals surface area contributed by atoms with E-state index >= 15 is 0 Å². The van der Waals surface area contributed by atoms with E-state index in [0.717, 1.165) is 11.3 Å². The summed E-state index contributed by atoms with van der Waals surface area (Å²) in [5.74, 6) is -1.72. The fourth-order valence-electron chi connectivity index (χ4n) is 5.01. The number of non-ortho nitro benzene ring substituents is 1. The Morgan fingerprint density at radius 2 is 1.74 bits per heavy atom. The number of carbonyl (C=O) groups is 3. The number of nitro groups is 1. The number of methoxy groups -OCH3 is 1. The Hall–Kier alpha value is -5.00. The van der Waals surface area contributed by atoms with Crippen molar-refractivity contribution in [3.8, 4) is 5.75 Å². The number of dihydropyridines is 1. The molecule has 2 aromatic rings. The van der Waals surface area contributed by atoms with Crippen LogP contribution in [0, 0.1) is 16.0 Å². The van der Waals surface area contributed by atoms with Gasteiger partial charge in [0.15, 0.2) is 0 Å². The third-order valence-electron chi connectivity index (χ3n) is 7.00. The van der Waals surface area contributed by atoms with Gasteiger partial charge in [-0.15, -0.1) is 0 Å². The number of nitrogens with zero attached hydrogens (tertiary/aromatic N) is 2. The Balaban J connectivity index is 1.40. The van der Waals surface area contributed by atoms with Crippen LogP contribution in [0.2, 0.25) is 0 Å².